The van der Waals surface area contributed by atoms with E-state index in [0.717, 1.165) is 18.7 Å². The number of hydrogen-bond acceptors (Lipinski definition) is 6. The standard InChI is InChI=1S/C6H12N2O4S/c9-5(7-12-6(10)11)4-8-2-1-3-13-8/h6,10-11H,1-4H2,(H,7,9). The monoisotopic (exact) mass is 208 g/mol. The van der Waals surface area contributed by atoms with Gasteiger partial charge in [-0.2, -0.15) is 0 Å². The molecule has 1 saturated heterocycles. The number of carbonyl (C=O) groups excluding carboxylic acids is 1. The Labute approximate surface area is 79.9 Å². The van der Waals surface area contributed by atoms with Crippen molar-refractivity contribution in [1.29, 1.82) is 0 Å². The summed E-state index contributed by atoms with van der Waals surface area (Å²) in [6, 6.07) is 0. The van der Waals surface area contributed by atoms with Crippen LogP contribution >= 0.6 is 11.9 Å². The molecule has 0 aromatic rings. The van der Waals surface area contributed by atoms with Crippen LogP contribution < -0.4 is 5.48 Å². The molecule has 0 saturated carbocycles. The lowest BCUT2D eigenvalue weighted by molar-refractivity contribution is -0.261. The predicted molar refractivity (Wildman–Crippen MR) is 46.1 cm³/mol. The summed E-state index contributed by atoms with van der Waals surface area (Å²) in [5, 5.41) is 16.5. The van der Waals surface area contributed by atoms with E-state index in [1.54, 1.807) is 11.9 Å². The molecular formula is C6H12N2O4S. The van der Waals surface area contributed by atoms with Crippen LogP contribution in [0.1, 0.15) is 6.42 Å². The van der Waals surface area contributed by atoms with Crippen LogP contribution in [0.4, 0.5) is 0 Å². The van der Waals surface area contributed by atoms with Crippen LogP contribution in [0.3, 0.4) is 0 Å². The summed E-state index contributed by atoms with van der Waals surface area (Å²) in [7, 11) is 0. The molecule has 76 valence electrons. The molecule has 6 nitrogen and oxygen atoms in total. The van der Waals surface area contributed by atoms with Gasteiger partial charge in [-0.05, 0) is 6.42 Å². The molecule has 3 N–H and O–H groups in total. The number of amides is 1. The molecule has 0 aromatic carbocycles. The number of hydrogen-bond donors (Lipinski definition) is 3. The highest BCUT2D eigenvalue weighted by Crippen LogP contribution is 2.18. The first-order valence-corrected chi connectivity index (χ1v) is 4.81. The van der Waals surface area contributed by atoms with Gasteiger partial charge < -0.3 is 10.2 Å². The van der Waals surface area contributed by atoms with Crippen LogP contribution in [0.5, 0.6) is 0 Å². The van der Waals surface area contributed by atoms with Crippen molar-refractivity contribution >= 4 is 17.9 Å². The Balaban J connectivity index is 2.09. The van der Waals surface area contributed by atoms with Gasteiger partial charge in [0.15, 0.2) is 0 Å². The highest BCUT2D eigenvalue weighted by molar-refractivity contribution is 7.97. The third-order valence-electron chi connectivity index (χ3n) is 1.42. The Morgan fingerprint density at radius 1 is 1.69 bits per heavy atom. The summed E-state index contributed by atoms with van der Waals surface area (Å²) < 4.78 is 1.89. The van der Waals surface area contributed by atoms with Gasteiger partial charge in [0.2, 0.25) is 0 Å². The molecule has 0 unspecified atom stereocenters. The maximum atomic E-state index is 11.0. The largest absolute Gasteiger partial charge is 0.344 e. The van der Waals surface area contributed by atoms with Crippen molar-refractivity contribution in [2.75, 3.05) is 18.8 Å². The van der Waals surface area contributed by atoms with Crippen LogP contribution in [0, 0.1) is 0 Å². The van der Waals surface area contributed by atoms with Gasteiger partial charge in [-0.1, -0.05) is 11.9 Å². The van der Waals surface area contributed by atoms with E-state index in [1.165, 1.54) is 0 Å². The lowest BCUT2D eigenvalue weighted by atomic mass is 10.5. The minimum absolute atomic E-state index is 0.206. The molecule has 7 heteroatoms. The minimum atomic E-state index is -1.96. The summed E-state index contributed by atoms with van der Waals surface area (Å²) in [6.07, 6.45) is 1.07. The molecule has 13 heavy (non-hydrogen) atoms. The van der Waals surface area contributed by atoms with Gasteiger partial charge in [0, 0.05) is 12.3 Å². The van der Waals surface area contributed by atoms with E-state index in [0.29, 0.717) is 0 Å². The maximum Gasteiger partial charge on any atom is 0.289 e. The minimum Gasteiger partial charge on any atom is -0.344 e. The smallest absolute Gasteiger partial charge is 0.289 e. The second-order valence-corrected chi connectivity index (χ2v) is 3.70. The van der Waals surface area contributed by atoms with Crippen molar-refractivity contribution in [2.24, 2.45) is 0 Å². The van der Waals surface area contributed by atoms with Crippen molar-refractivity contribution in [3.63, 3.8) is 0 Å². The first kappa shape index (κ1) is 10.7. The molecule has 0 aromatic heterocycles. The molecule has 0 aliphatic carbocycles. The van der Waals surface area contributed by atoms with Crippen molar-refractivity contribution < 1.29 is 19.8 Å². The second-order valence-electron chi connectivity index (χ2n) is 2.52. The van der Waals surface area contributed by atoms with Crippen LogP contribution in [-0.4, -0.2) is 45.7 Å². The Morgan fingerprint density at radius 3 is 3.00 bits per heavy atom. The first-order valence-electron chi connectivity index (χ1n) is 3.87. The first-order chi connectivity index (χ1) is 6.18. The van der Waals surface area contributed by atoms with E-state index < -0.39 is 6.48 Å². The number of carbonyl (C=O) groups is 1. The third kappa shape index (κ3) is 4.44. The van der Waals surface area contributed by atoms with Crippen LogP contribution in [0.15, 0.2) is 0 Å². The molecule has 0 radical (unpaired) electrons. The zero-order chi connectivity index (χ0) is 9.68. The van der Waals surface area contributed by atoms with Gasteiger partial charge in [-0.15, -0.1) is 0 Å². The van der Waals surface area contributed by atoms with Gasteiger partial charge in [0.1, 0.15) is 0 Å². The highest BCUT2D eigenvalue weighted by Gasteiger charge is 2.16. The number of nitrogens with one attached hydrogen (secondary N) is 1. The molecular weight excluding hydrogens is 196 g/mol. The van der Waals surface area contributed by atoms with Gasteiger partial charge in [0.05, 0.1) is 6.54 Å². The molecule has 1 aliphatic rings. The maximum absolute atomic E-state index is 11.0. The summed E-state index contributed by atoms with van der Waals surface area (Å²) in [5.74, 6) is 0.638. The Bertz CT molecular complexity index is 172. The van der Waals surface area contributed by atoms with E-state index in [4.69, 9.17) is 10.2 Å². The van der Waals surface area contributed by atoms with Gasteiger partial charge in [-0.25, -0.2) is 14.6 Å². The quantitative estimate of drug-likeness (QED) is 0.301. The summed E-state index contributed by atoms with van der Waals surface area (Å²) >= 11 is 1.60. The third-order valence-corrected chi connectivity index (χ3v) is 2.57. The average Bonchev–Trinajstić information content (AvgIpc) is 2.53. The van der Waals surface area contributed by atoms with Gasteiger partial charge in [0.25, 0.3) is 12.4 Å². The zero-order valence-corrected chi connectivity index (χ0v) is 7.79. The van der Waals surface area contributed by atoms with Crippen LogP contribution in [-0.2, 0) is 9.63 Å². The predicted octanol–water partition coefficient (Wildman–Crippen LogP) is -1.34. The van der Waals surface area contributed by atoms with Crippen LogP contribution in [0.25, 0.3) is 0 Å². The van der Waals surface area contributed by atoms with Crippen molar-refractivity contribution in [2.45, 2.75) is 12.9 Å². The summed E-state index contributed by atoms with van der Waals surface area (Å²) in [5.41, 5.74) is 1.92. The Hall–Kier alpha value is -0.340. The zero-order valence-electron chi connectivity index (χ0n) is 6.97. The lowest BCUT2D eigenvalue weighted by Crippen LogP contribution is -2.35. The van der Waals surface area contributed by atoms with E-state index in [1.807, 2.05) is 9.79 Å². The summed E-state index contributed by atoms with van der Waals surface area (Å²) in [6.45, 7) is -0.882. The van der Waals surface area contributed by atoms with E-state index in [2.05, 4.69) is 4.84 Å². The molecule has 0 spiro atoms. The molecule has 1 aliphatic heterocycles. The molecule has 0 bridgehead atoms. The SMILES string of the molecule is O=C(CN1CCCS1)NOC(O)O. The van der Waals surface area contributed by atoms with E-state index >= 15 is 0 Å². The molecule has 1 fully saturated rings. The fraction of sp³-hybridized carbons (Fsp3) is 0.833. The Morgan fingerprint density at radius 2 is 2.46 bits per heavy atom. The average molecular weight is 208 g/mol. The summed E-state index contributed by atoms with van der Waals surface area (Å²) in [4.78, 5) is 15.1. The molecule has 0 atom stereocenters. The normalized spacial score (nSPS) is 18.1. The number of nitrogens with zero attached hydrogens (tertiary/aromatic N) is 1. The van der Waals surface area contributed by atoms with Crippen molar-refractivity contribution in [3.05, 3.63) is 0 Å². The van der Waals surface area contributed by atoms with Crippen LogP contribution in [0.2, 0.25) is 0 Å². The molecule has 1 heterocycles. The molecule has 1 rings (SSSR count). The second kappa shape index (κ2) is 5.40. The molecule has 1 amide bonds. The number of hydroxylamine groups is 1. The lowest BCUT2D eigenvalue weighted by Gasteiger charge is -2.12. The fourth-order valence-corrected chi connectivity index (χ4v) is 1.92. The number of aliphatic hydroxyl groups is 2. The topological polar surface area (TPSA) is 82.0 Å². The Kier molecular flexibility index (Phi) is 4.46. The van der Waals surface area contributed by atoms with Crippen molar-refractivity contribution in [1.82, 2.24) is 9.79 Å². The van der Waals surface area contributed by atoms with E-state index in [-0.39, 0.29) is 12.5 Å². The van der Waals surface area contributed by atoms with Gasteiger partial charge >= 0.3 is 0 Å². The van der Waals surface area contributed by atoms with Gasteiger partial charge in [-0.3, -0.25) is 4.79 Å². The van der Waals surface area contributed by atoms with E-state index in [9.17, 15) is 4.79 Å². The number of aliphatic hydroxyl groups excluding tert-OH is 1. The fourth-order valence-electron chi connectivity index (χ4n) is 0.935. The number of rotatable bonds is 4. The van der Waals surface area contributed by atoms with Crippen molar-refractivity contribution in [3.8, 4) is 0 Å². The highest BCUT2D eigenvalue weighted by atomic mass is 32.2.